The van der Waals surface area contributed by atoms with Gasteiger partial charge in [-0.15, -0.1) is 0 Å². The summed E-state index contributed by atoms with van der Waals surface area (Å²) in [4.78, 5) is 0. The smallest absolute Gasteiger partial charge is 0.0902 e. The molecule has 5 unspecified atom stereocenters. The number of aliphatic hydroxyl groups excluding tert-OH is 2. The molecule has 2 aliphatic rings. The minimum atomic E-state index is -1.28. The lowest BCUT2D eigenvalue weighted by atomic mass is 9.51. The van der Waals surface area contributed by atoms with Gasteiger partial charge in [-0.1, -0.05) is 13.3 Å². The quantitative estimate of drug-likeness (QED) is 0.606. The van der Waals surface area contributed by atoms with Crippen LogP contribution in [0.2, 0.25) is 0 Å². The van der Waals surface area contributed by atoms with Gasteiger partial charge in [-0.2, -0.15) is 0 Å². The summed E-state index contributed by atoms with van der Waals surface area (Å²) in [6, 6.07) is 0. The first-order chi connectivity index (χ1) is 8.64. The molecule has 0 aliphatic heterocycles. The van der Waals surface area contributed by atoms with Crippen LogP contribution in [0.25, 0.3) is 0 Å². The monoisotopic (exact) mass is 272 g/mol. The number of aliphatic hydroxyl groups is 4. The Kier molecular flexibility index (Phi) is 3.76. The van der Waals surface area contributed by atoms with Crippen LogP contribution in [0.3, 0.4) is 0 Å². The molecule has 19 heavy (non-hydrogen) atoms. The predicted molar refractivity (Wildman–Crippen MR) is 72.5 cm³/mol. The number of fused-ring (bicyclic) bond motifs is 1. The van der Waals surface area contributed by atoms with Crippen molar-refractivity contribution in [3.63, 3.8) is 0 Å². The SMILES string of the molecule is CC1(O)CCCC2(C)CCC([C@@](C)(O)CO)C(O)C12. The third-order valence-corrected chi connectivity index (χ3v) is 5.75. The molecule has 4 nitrogen and oxygen atoms in total. The third-order valence-electron chi connectivity index (χ3n) is 5.75. The van der Waals surface area contributed by atoms with E-state index in [0.717, 1.165) is 19.3 Å². The van der Waals surface area contributed by atoms with E-state index in [1.807, 2.05) is 0 Å². The number of hydrogen-bond donors (Lipinski definition) is 4. The summed E-state index contributed by atoms with van der Waals surface area (Å²) in [6.07, 6.45) is 3.49. The van der Waals surface area contributed by atoms with Crippen molar-refractivity contribution in [2.45, 2.75) is 70.2 Å². The van der Waals surface area contributed by atoms with Crippen molar-refractivity contribution in [2.24, 2.45) is 17.3 Å². The topological polar surface area (TPSA) is 80.9 Å². The summed E-state index contributed by atoms with van der Waals surface area (Å²) in [6.45, 7) is 5.15. The fraction of sp³-hybridized carbons (Fsp3) is 1.00. The third kappa shape index (κ3) is 2.44. The first-order valence-corrected chi connectivity index (χ1v) is 7.38. The van der Waals surface area contributed by atoms with E-state index in [1.54, 1.807) is 13.8 Å². The highest BCUT2D eigenvalue weighted by atomic mass is 16.3. The van der Waals surface area contributed by atoms with E-state index in [9.17, 15) is 20.4 Å². The van der Waals surface area contributed by atoms with Crippen molar-refractivity contribution in [1.82, 2.24) is 0 Å². The van der Waals surface area contributed by atoms with Crippen LogP contribution in [-0.2, 0) is 0 Å². The Hall–Kier alpha value is -0.160. The molecule has 0 spiro atoms. The van der Waals surface area contributed by atoms with Gasteiger partial charge in [0.25, 0.3) is 0 Å². The van der Waals surface area contributed by atoms with Crippen LogP contribution in [0.1, 0.15) is 52.9 Å². The largest absolute Gasteiger partial charge is 0.393 e. The molecule has 0 radical (unpaired) electrons. The molecular formula is C15H28O4. The Morgan fingerprint density at radius 2 is 1.84 bits per heavy atom. The molecule has 0 bridgehead atoms. The van der Waals surface area contributed by atoms with Crippen molar-refractivity contribution in [1.29, 1.82) is 0 Å². The fourth-order valence-corrected chi connectivity index (χ4v) is 4.66. The summed E-state index contributed by atoms with van der Waals surface area (Å²) >= 11 is 0. The Morgan fingerprint density at radius 1 is 1.21 bits per heavy atom. The molecule has 0 saturated heterocycles. The normalized spacial score (nSPS) is 50.4. The standard InChI is InChI=1S/C15H28O4/c1-13-6-4-7-14(2,18)12(13)11(17)10(5-8-13)15(3,19)9-16/h10-12,16-19H,4-9H2,1-3H3/t10?,11?,12?,13?,14?,15-/m0/s1. The maximum Gasteiger partial charge on any atom is 0.0902 e. The van der Waals surface area contributed by atoms with E-state index in [1.165, 1.54) is 0 Å². The van der Waals surface area contributed by atoms with Crippen LogP contribution in [0, 0.1) is 17.3 Å². The molecule has 0 heterocycles. The van der Waals surface area contributed by atoms with Gasteiger partial charge in [-0.05, 0) is 44.9 Å². The highest BCUT2D eigenvalue weighted by molar-refractivity contribution is 5.07. The summed E-state index contributed by atoms with van der Waals surface area (Å²) in [5.41, 5.74) is -2.24. The van der Waals surface area contributed by atoms with Gasteiger partial charge in [0.15, 0.2) is 0 Å². The zero-order valence-corrected chi connectivity index (χ0v) is 12.3. The molecule has 112 valence electrons. The highest BCUT2D eigenvalue weighted by Gasteiger charge is 2.57. The van der Waals surface area contributed by atoms with E-state index in [-0.39, 0.29) is 23.9 Å². The maximum atomic E-state index is 10.7. The van der Waals surface area contributed by atoms with Crippen molar-refractivity contribution in [3.05, 3.63) is 0 Å². The molecular weight excluding hydrogens is 244 g/mol. The van der Waals surface area contributed by atoms with Gasteiger partial charge >= 0.3 is 0 Å². The Labute approximate surface area is 115 Å². The maximum absolute atomic E-state index is 10.7. The Bertz CT molecular complexity index is 339. The van der Waals surface area contributed by atoms with Gasteiger partial charge in [0.05, 0.1) is 23.9 Å². The zero-order valence-electron chi connectivity index (χ0n) is 12.3. The van der Waals surface area contributed by atoms with Crippen LogP contribution in [0.5, 0.6) is 0 Å². The molecule has 4 N–H and O–H groups in total. The molecule has 2 fully saturated rings. The molecule has 0 amide bonds. The molecule has 4 heteroatoms. The van der Waals surface area contributed by atoms with Crippen molar-refractivity contribution in [3.8, 4) is 0 Å². The van der Waals surface area contributed by atoms with Gasteiger partial charge in [0.1, 0.15) is 0 Å². The van der Waals surface area contributed by atoms with Crippen LogP contribution < -0.4 is 0 Å². The van der Waals surface area contributed by atoms with Crippen LogP contribution in [0.4, 0.5) is 0 Å². The summed E-state index contributed by atoms with van der Waals surface area (Å²) in [5, 5.41) is 41.0. The second kappa shape index (κ2) is 4.69. The first-order valence-electron chi connectivity index (χ1n) is 7.38. The van der Waals surface area contributed by atoms with Crippen molar-refractivity contribution < 1.29 is 20.4 Å². The van der Waals surface area contributed by atoms with Gasteiger partial charge in [0, 0.05) is 11.8 Å². The first kappa shape index (κ1) is 15.2. The summed E-state index contributed by atoms with van der Waals surface area (Å²) < 4.78 is 0. The van der Waals surface area contributed by atoms with Gasteiger partial charge in [0.2, 0.25) is 0 Å². The minimum Gasteiger partial charge on any atom is -0.393 e. The average Bonchev–Trinajstić information content (AvgIpc) is 2.26. The summed E-state index contributed by atoms with van der Waals surface area (Å²) in [7, 11) is 0. The minimum absolute atomic E-state index is 0.0663. The molecule has 0 aromatic carbocycles. The number of rotatable bonds is 2. The van der Waals surface area contributed by atoms with Crippen LogP contribution in [-0.4, -0.2) is 44.3 Å². The van der Waals surface area contributed by atoms with Crippen molar-refractivity contribution >= 4 is 0 Å². The lowest BCUT2D eigenvalue weighted by Crippen LogP contribution is -2.62. The zero-order chi connectivity index (χ0) is 14.5. The lowest BCUT2D eigenvalue weighted by Gasteiger charge is -2.58. The van der Waals surface area contributed by atoms with E-state index < -0.39 is 17.3 Å². The molecule has 6 atom stereocenters. The second-order valence-electron chi connectivity index (χ2n) is 7.49. The Morgan fingerprint density at radius 3 is 2.42 bits per heavy atom. The van der Waals surface area contributed by atoms with Gasteiger partial charge in [-0.3, -0.25) is 0 Å². The molecule has 2 aliphatic carbocycles. The van der Waals surface area contributed by atoms with Crippen LogP contribution >= 0.6 is 0 Å². The van der Waals surface area contributed by atoms with E-state index in [0.29, 0.717) is 12.8 Å². The van der Waals surface area contributed by atoms with Gasteiger partial charge in [-0.25, -0.2) is 0 Å². The van der Waals surface area contributed by atoms with Crippen LogP contribution in [0.15, 0.2) is 0 Å². The highest BCUT2D eigenvalue weighted by Crippen LogP contribution is 2.56. The molecule has 2 rings (SSSR count). The predicted octanol–water partition coefficient (Wildman–Crippen LogP) is 1.06. The summed E-state index contributed by atoms with van der Waals surface area (Å²) in [5.74, 6) is -0.606. The van der Waals surface area contributed by atoms with E-state index in [2.05, 4.69) is 6.92 Å². The average molecular weight is 272 g/mol. The van der Waals surface area contributed by atoms with E-state index in [4.69, 9.17) is 0 Å². The molecule has 0 aromatic rings. The fourth-order valence-electron chi connectivity index (χ4n) is 4.66. The van der Waals surface area contributed by atoms with Crippen molar-refractivity contribution in [2.75, 3.05) is 6.61 Å². The van der Waals surface area contributed by atoms with E-state index >= 15 is 0 Å². The lowest BCUT2D eigenvalue weighted by molar-refractivity contribution is -0.210. The molecule has 0 aromatic heterocycles. The number of hydrogen-bond acceptors (Lipinski definition) is 4. The van der Waals surface area contributed by atoms with Gasteiger partial charge < -0.3 is 20.4 Å². The molecule has 2 saturated carbocycles. The Balaban J connectivity index is 2.31. The second-order valence-corrected chi connectivity index (χ2v) is 7.49.